The lowest BCUT2D eigenvalue weighted by Gasteiger charge is -2.09. The molecule has 0 amide bonds. The van der Waals surface area contributed by atoms with Crippen LogP contribution in [0.1, 0.15) is 31.0 Å². The number of nitrogens with zero attached hydrogens (tertiary/aromatic N) is 2. The first-order valence-corrected chi connectivity index (χ1v) is 4.82. The van der Waals surface area contributed by atoms with E-state index in [2.05, 4.69) is 8.75 Å². The second-order valence-corrected chi connectivity index (χ2v) is 3.50. The monoisotopic (exact) mass is 225 g/mol. The van der Waals surface area contributed by atoms with Gasteiger partial charge in [-0.1, -0.05) is 0 Å². The van der Waals surface area contributed by atoms with Crippen LogP contribution in [0, 0.1) is 0 Å². The maximum atomic E-state index is 11.8. The molecule has 0 fully saturated rings. The molecule has 0 aliphatic carbocycles. The highest BCUT2D eigenvalue weighted by Crippen LogP contribution is 2.24. The van der Waals surface area contributed by atoms with Crippen LogP contribution in [0.3, 0.4) is 0 Å². The maximum absolute atomic E-state index is 11.8. The molecule has 1 heterocycles. The Balaban J connectivity index is 2.26. The Labute approximate surface area is 83.5 Å². The number of halogens is 3. The molecule has 0 saturated heterocycles. The second kappa shape index (κ2) is 4.70. The Morgan fingerprint density at radius 2 is 2.21 bits per heavy atom. The van der Waals surface area contributed by atoms with Crippen molar-refractivity contribution in [2.75, 3.05) is 0 Å². The zero-order valence-corrected chi connectivity index (χ0v) is 8.11. The van der Waals surface area contributed by atoms with Gasteiger partial charge < -0.3 is 5.73 Å². The first-order valence-electron chi connectivity index (χ1n) is 4.09. The summed E-state index contributed by atoms with van der Waals surface area (Å²) in [6.07, 6.45) is -3.09. The number of hydrogen-bond acceptors (Lipinski definition) is 4. The summed E-state index contributed by atoms with van der Waals surface area (Å²) >= 11 is 1.00. The average Bonchev–Trinajstić information content (AvgIpc) is 2.53. The third-order valence-corrected chi connectivity index (χ3v) is 2.23. The van der Waals surface area contributed by atoms with Crippen LogP contribution < -0.4 is 5.73 Å². The third kappa shape index (κ3) is 4.01. The number of nitrogens with two attached hydrogens (primary N) is 1. The summed E-state index contributed by atoms with van der Waals surface area (Å²) in [5.74, 6) is 0. The highest BCUT2D eigenvalue weighted by atomic mass is 32.1. The summed E-state index contributed by atoms with van der Waals surface area (Å²) in [5.41, 5.74) is 6.17. The topological polar surface area (TPSA) is 51.8 Å². The summed E-state index contributed by atoms with van der Waals surface area (Å²) < 4.78 is 42.9. The van der Waals surface area contributed by atoms with Crippen LogP contribution >= 0.6 is 11.7 Å². The van der Waals surface area contributed by atoms with Gasteiger partial charge in [0, 0.05) is 12.5 Å². The molecule has 1 aromatic rings. The van der Waals surface area contributed by atoms with Crippen LogP contribution in [-0.2, 0) is 0 Å². The fourth-order valence-electron chi connectivity index (χ4n) is 1.01. The van der Waals surface area contributed by atoms with Gasteiger partial charge in [-0.3, -0.25) is 0 Å². The van der Waals surface area contributed by atoms with Gasteiger partial charge in [0.2, 0.25) is 0 Å². The number of hydrogen-bond donors (Lipinski definition) is 1. The van der Waals surface area contributed by atoms with Gasteiger partial charge in [-0.15, -0.1) is 0 Å². The quantitative estimate of drug-likeness (QED) is 0.855. The zero-order valence-electron chi connectivity index (χ0n) is 7.29. The van der Waals surface area contributed by atoms with E-state index in [0.29, 0.717) is 5.69 Å². The molecular formula is C7H10F3N3S. The average molecular weight is 225 g/mol. The molecule has 0 aliphatic heterocycles. The van der Waals surface area contributed by atoms with E-state index in [1.54, 1.807) is 0 Å². The normalized spacial score (nSPS) is 14.3. The minimum absolute atomic E-state index is 0.0300. The van der Waals surface area contributed by atoms with E-state index in [0.717, 1.165) is 11.7 Å². The molecule has 0 aromatic carbocycles. The molecule has 1 unspecified atom stereocenters. The fourth-order valence-corrected chi connectivity index (χ4v) is 1.48. The SMILES string of the molecule is NC(CCCC(F)(F)F)c1cnsn1. The van der Waals surface area contributed by atoms with Gasteiger partial charge in [0.05, 0.1) is 23.6 Å². The summed E-state index contributed by atoms with van der Waals surface area (Å²) in [5, 5.41) is 0. The molecular weight excluding hydrogens is 215 g/mol. The van der Waals surface area contributed by atoms with Crippen molar-refractivity contribution < 1.29 is 13.2 Å². The molecule has 3 nitrogen and oxygen atoms in total. The number of aromatic nitrogens is 2. The summed E-state index contributed by atoms with van der Waals surface area (Å²) in [7, 11) is 0. The van der Waals surface area contributed by atoms with E-state index < -0.39 is 18.6 Å². The van der Waals surface area contributed by atoms with Crippen molar-refractivity contribution >= 4 is 11.7 Å². The van der Waals surface area contributed by atoms with E-state index >= 15 is 0 Å². The molecule has 1 aromatic heterocycles. The Hall–Kier alpha value is -0.690. The maximum Gasteiger partial charge on any atom is 0.389 e. The lowest BCUT2D eigenvalue weighted by atomic mass is 10.1. The molecule has 14 heavy (non-hydrogen) atoms. The standard InChI is InChI=1S/C7H10F3N3S/c8-7(9,10)3-1-2-5(11)6-4-12-14-13-6/h4-5H,1-3,11H2. The predicted octanol–water partition coefficient (Wildman–Crippen LogP) is 2.27. The Morgan fingerprint density at radius 3 is 2.71 bits per heavy atom. The highest BCUT2D eigenvalue weighted by Gasteiger charge is 2.26. The number of rotatable bonds is 4. The van der Waals surface area contributed by atoms with Crippen LogP contribution in [-0.4, -0.2) is 14.9 Å². The summed E-state index contributed by atoms with van der Waals surface area (Å²) in [4.78, 5) is 0. The molecule has 1 atom stereocenters. The van der Waals surface area contributed by atoms with Crippen molar-refractivity contribution in [2.24, 2.45) is 5.73 Å². The molecule has 7 heteroatoms. The van der Waals surface area contributed by atoms with Crippen LogP contribution in [0.15, 0.2) is 6.20 Å². The van der Waals surface area contributed by atoms with Crippen LogP contribution in [0.25, 0.3) is 0 Å². The Bertz CT molecular complexity index is 260. The van der Waals surface area contributed by atoms with Gasteiger partial charge in [-0.05, 0) is 12.8 Å². The van der Waals surface area contributed by atoms with Crippen LogP contribution in [0.4, 0.5) is 13.2 Å². The van der Waals surface area contributed by atoms with Crippen molar-refractivity contribution in [2.45, 2.75) is 31.5 Å². The zero-order chi connectivity index (χ0) is 10.6. The Morgan fingerprint density at radius 1 is 1.50 bits per heavy atom. The fraction of sp³-hybridized carbons (Fsp3) is 0.714. The van der Waals surface area contributed by atoms with Gasteiger partial charge in [-0.2, -0.15) is 21.9 Å². The third-order valence-electron chi connectivity index (χ3n) is 1.73. The second-order valence-electron chi connectivity index (χ2n) is 2.95. The molecule has 0 radical (unpaired) electrons. The highest BCUT2D eigenvalue weighted by molar-refractivity contribution is 6.99. The van der Waals surface area contributed by atoms with Gasteiger partial charge in [0.25, 0.3) is 0 Å². The van der Waals surface area contributed by atoms with Crippen molar-refractivity contribution in [1.82, 2.24) is 8.75 Å². The van der Waals surface area contributed by atoms with Gasteiger partial charge in [0.1, 0.15) is 0 Å². The minimum Gasteiger partial charge on any atom is -0.323 e. The molecule has 1 rings (SSSR count). The van der Waals surface area contributed by atoms with E-state index in [1.807, 2.05) is 0 Å². The molecule has 80 valence electrons. The van der Waals surface area contributed by atoms with Gasteiger partial charge >= 0.3 is 6.18 Å². The largest absolute Gasteiger partial charge is 0.389 e. The predicted molar refractivity (Wildman–Crippen MR) is 46.7 cm³/mol. The van der Waals surface area contributed by atoms with E-state index in [9.17, 15) is 13.2 Å². The molecule has 0 bridgehead atoms. The molecule has 0 aliphatic rings. The van der Waals surface area contributed by atoms with Crippen LogP contribution in [0.2, 0.25) is 0 Å². The minimum atomic E-state index is -4.10. The molecule has 0 saturated carbocycles. The van der Waals surface area contributed by atoms with Crippen molar-refractivity contribution in [3.63, 3.8) is 0 Å². The van der Waals surface area contributed by atoms with Gasteiger partial charge in [-0.25, -0.2) is 0 Å². The van der Waals surface area contributed by atoms with Crippen molar-refractivity contribution in [1.29, 1.82) is 0 Å². The van der Waals surface area contributed by atoms with Crippen molar-refractivity contribution in [3.05, 3.63) is 11.9 Å². The van der Waals surface area contributed by atoms with E-state index in [1.165, 1.54) is 6.20 Å². The van der Waals surface area contributed by atoms with E-state index in [-0.39, 0.29) is 12.8 Å². The first kappa shape index (κ1) is 11.4. The molecule has 2 N–H and O–H groups in total. The number of alkyl halides is 3. The van der Waals surface area contributed by atoms with Crippen LogP contribution in [0.5, 0.6) is 0 Å². The first-order chi connectivity index (χ1) is 6.49. The smallest absolute Gasteiger partial charge is 0.323 e. The lowest BCUT2D eigenvalue weighted by Crippen LogP contribution is -2.13. The molecule has 0 spiro atoms. The van der Waals surface area contributed by atoms with Gasteiger partial charge in [0.15, 0.2) is 0 Å². The lowest BCUT2D eigenvalue weighted by molar-refractivity contribution is -0.135. The van der Waals surface area contributed by atoms with Crippen molar-refractivity contribution in [3.8, 4) is 0 Å². The summed E-state index contributed by atoms with van der Waals surface area (Å²) in [6, 6.07) is -0.434. The summed E-state index contributed by atoms with van der Waals surface area (Å²) in [6.45, 7) is 0. The van der Waals surface area contributed by atoms with E-state index in [4.69, 9.17) is 5.73 Å². The Kier molecular flexibility index (Phi) is 3.82.